The van der Waals surface area contributed by atoms with Crippen molar-refractivity contribution in [2.75, 3.05) is 20.1 Å². The van der Waals surface area contributed by atoms with E-state index in [0.717, 1.165) is 0 Å². The molecular weight excluding hydrogens is 278 g/mol. The Bertz CT molecular complexity index is 584. The van der Waals surface area contributed by atoms with Crippen molar-refractivity contribution in [1.29, 1.82) is 0 Å². The van der Waals surface area contributed by atoms with Crippen LogP contribution in [0.15, 0.2) is 6.20 Å². The van der Waals surface area contributed by atoms with Gasteiger partial charge in [-0.25, -0.2) is 9.48 Å². The van der Waals surface area contributed by atoms with Gasteiger partial charge in [-0.3, -0.25) is 9.59 Å². The molecule has 1 aliphatic heterocycles. The van der Waals surface area contributed by atoms with Crippen molar-refractivity contribution in [3.63, 3.8) is 0 Å². The monoisotopic (exact) mass is 295 g/mol. The minimum absolute atomic E-state index is 0.0910. The van der Waals surface area contributed by atoms with Gasteiger partial charge < -0.3 is 15.3 Å². The molecule has 1 aromatic rings. The fourth-order valence-corrected chi connectivity index (χ4v) is 2.37. The van der Waals surface area contributed by atoms with Gasteiger partial charge >= 0.3 is 5.97 Å². The third-order valence-electron chi connectivity index (χ3n) is 3.66. The predicted octanol–water partition coefficient (Wildman–Crippen LogP) is -1.04. The van der Waals surface area contributed by atoms with Crippen LogP contribution in [0, 0.1) is 5.41 Å². The highest BCUT2D eigenvalue weighted by molar-refractivity contribution is 5.85. The van der Waals surface area contributed by atoms with Crippen LogP contribution in [0.25, 0.3) is 0 Å². The Labute approximate surface area is 120 Å². The van der Waals surface area contributed by atoms with Gasteiger partial charge in [0.05, 0.1) is 11.6 Å². The Morgan fingerprint density at radius 2 is 2.19 bits per heavy atom. The van der Waals surface area contributed by atoms with Crippen LogP contribution in [-0.2, 0) is 16.1 Å². The highest BCUT2D eigenvalue weighted by Crippen LogP contribution is 2.30. The average molecular weight is 295 g/mol. The molecule has 9 nitrogen and oxygen atoms in total. The molecular formula is C12H17N5O4. The molecule has 2 heterocycles. The number of nitrogens with one attached hydrogen (secondary N) is 1. The second-order valence-corrected chi connectivity index (χ2v) is 5.31. The molecule has 0 aliphatic carbocycles. The summed E-state index contributed by atoms with van der Waals surface area (Å²) in [5.41, 5.74) is -0.793. The molecule has 1 fully saturated rings. The number of nitrogens with zero attached hydrogens (tertiary/aromatic N) is 4. The minimum atomic E-state index is -1.19. The number of carboxylic acids is 1. The van der Waals surface area contributed by atoms with E-state index >= 15 is 0 Å². The van der Waals surface area contributed by atoms with Crippen LogP contribution in [-0.4, -0.2) is 62.9 Å². The topological polar surface area (TPSA) is 117 Å². The van der Waals surface area contributed by atoms with Crippen LogP contribution < -0.4 is 5.32 Å². The quantitative estimate of drug-likeness (QED) is 0.732. The maximum absolute atomic E-state index is 12.2. The molecule has 21 heavy (non-hydrogen) atoms. The Morgan fingerprint density at radius 1 is 1.48 bits per heavy atom. The first-order valence-electron chi connectivity index (χ1n) is 6.49. The van der Waals surface area contributed by atoms with E-state index in [1.165, 1.54) is 10.9 Å². The Hall–Kier alpha value is -2.45. The summed E-state index contributed by atoms with van der Waals surface area (Å²) >= 11 is 0. The van der Waals surface area contributed by atoms with E-state index in [4.69, 9.17) is 5.11 Å². The molecule has 0 saturated carbocycles. The number of carbonyl (C=O) groups excluding carboxylic acids is 2. The summed E-state index contributed by atoms with van der Waals surface area (Å²) in [5.74, 6) is -1.50. The lowest BCUT2D eigenvalue weighted by Crippen LogP contribution is -2.41. The van der Waals surface area contributed by atoms with Gasteiger partial charge in [0.2, 0.25) is 11.8 Å². The molecule has 2 rings (SSSR count). The van der Waals surface area contributed by atoms with Crippen molar-refractivity contribution < 1.29 is 19.5 Å². The van der Waals surface area contributed by atoms with Gasteiger partial charge in [0, 0.05) is 20.1 Å². The predicted molar refractivity (Wildman–Crippen MR) is 70.4 cm³/mol. The standard InChI is InChI=1S/C12H17N5O4/c1-12(11(21)13-2)3-4-16(7-12)9(18)6-17-5-8(10(19)20)14-15-17/h5H,3-4,6-7H2,1-2H3,(H,13,21)(H,19,20). The van der Waals surface area contributed by atoms with Crippen molar-refractivity contribution >= 4 is 17.8 Å². The lowest BCUT2D eigenvalue weighted by atomic mass is 9.89. The van der Waals surface area contributed by atoms with Crippen molar-refractivity contribution in [2.24, 2.45) is 5.41 Å². The zero-order valence-corrected chi connectivity index (χ0v) is 11.9. The van der Waals surface area contributed by atoms with E-state index in [0.29, 0.717) is 19.5 Å². The summed E-state index contributed by atoms with van der Waals surface area (Å²) in [6.45, 7) is 2.55. The molecule has 1 atom stereocenters. The zero-order valence-electron chi connectivity index (χ0n) is 11.9. The van der Waals surface area contributed by atoms with E-state index in [1.807, 2.05) is 6.92 Å². The van der Waals surface area contributed by atoms with Crippen molar-refractivity contribution in [2.45, 2.75) is 19.9 Å². The molecule has 2 amide bonds. The lowest BCUT2D eigenvalue weighted by molar-refractivity contribution is -0.133. The number of likely N-dealkylation sites (tertiary alicyclic amines) is 1. The van der Waals surface area contributed by atoms with Gasteiger partial charge in [-0.2, -0.15) is 0 Å². The number of aromatic nitrogens is 3. The smallest absolute Gasteiger partial charge is 0.358 e. The molecule has 1 saturated heterocycles. The number of rotatable bonds is 4. The van der Waals surface area contributed by atoms with Crippen molar-refractivity contribution in [1.82, 2.24) is 25.2 Å². The van der Waals surface area contributed by atoms with Crippen LogP contribution in [0.1, 0.15) is 23.8 Å². The summed E-state index contributed by atoms with van der Waals surface area (Å²) in [4.78, 5) is 36.2. The molecule has 0 radical (unpaired) electrons. The van der Waals surface area contributed by atoms with E-state index < -0.39 is 11.4 Å². The molecule has 114 valence electrons. The number of hydrogen-bond donors (Lipinski definition) is 2. The summed E-state index contributed by atoms with van der Waals surface area (Å²) < 4.78 is 1.18. The van der Waals surface area contributed by atoms with E-state index in [1.54, 1.807) is 11.9 Å². The maximum Gasteiger partial charge on any atom is 0.358 e. The van der Waals surface area contributed by atoms with Crippen molar-refractivity contribution in [3.8, 4) is 0 Å². The van der Waals surface area contributed by atoms with Crippen LogP contribution in [0.5, 0.6) is 0 Å². The minimum Gasteiger partial charge on any atom is -0.476 e. The Morgan fingerprint density at radius 3 is 2.76 bits per heavy atom. The average Bonchev–Trinajstić information content (AvgIpc) is 3.05. The molecule has 9 heteroatoms. The summed E-state index contributed by atoms with van der Waals surface area (Å²) in [6, 6.07) is 0. The fraction of sp³-hybridized carbons (Fsp3) is 0.583. The first-order chi connectivity index (χ1) is 9.85. The van der Waals surface area contributed by atoms with Crippen molar-refractivity contribution in [3.05, 3.63) is 11.9 Å². The van der Waals surface area contributed by atoms with Gasteiger partial charge in [0.1, 0.15) is 6.54 Å². The second-order valence-electron chi connectivity index (χ2n) is 5.31. The SMILES string of the molecule is CNC(=O)C1(C)CCN(C(=O)Cn2cc(C(=O)O)nn2)C1. The Balaban J connectivity index is 1.98. The highest BCUT2D eigenvalue weighted by atomic mass is 16.4. The number of carbonyl (C=O) groups is 3. The summed E-state index contributed by atoms with van der Waals surface area (Å²) in [7, 11) is 1.57. The largest absolute Gasteiger partial charge is 0.476 e. The fourth-order valence-electron chi connectivity index (χ4n) is 2.37. The number of carboxylic acid groups (broad SMARTS) is 1. The third kappa shape index (κ3) is 3.01. The van der Waals surface area contributed by atoms with E-state index in [-0.39, 0.29) is 24.1 Å². The van der Waals surface area contributed by atoms with E-state index in [9.17, 15) is 14.4 Å². The number of hydrogen-bond acceptors (Lipinski definition) is 5. The first kappa shape index (κ1) is 14.9. The molecule has 0 spiro atoms. The molecule has 0 aromatic carbocycles. The lowest BCUT2D eigenvalue weighted by Gasteiger charge is -2.22. The van der Waals surface area contributed by atoms with Gasteiger partial charge in [-0.05, 0) is 13.3 Å². The molecule has 2 N–H and O–H groups in total. The van der Waals surface area contributed by atoms with Gasteiger partial charge in [-0.1, -0.05) is 5.21 Å². The van der Waals surface area contributed by atoms with Crippen LogP contribution >= 0.6 is 0 Å². The van der Waals surface area contributed by atoms with Crippen LogP contribution in [0.4, 0.5) is 0 Å². The zero-order chi connectivity index (χ0) is 15.6. The Kier molecular flexibility index (Phi) is 3.92. The molecule has 0 bridgehead atoms. The van der Waals surface area contributed by atoms with Gasteiger partial charge in [0.25, 0.3) is 0 Å². The third-order valence-corrected chi connectivity index (χ3v) is 3.66. The molecule has 1 unspecified atom stereocenters. The summed E-state index contributed by atoms with van der Waals surface area (Å²) in [5, 5.41) is 18.4. The summed E-state index contributed by atoms with van der Waals surface area (Å²) in [6.07, 6.45) is 1.80. The first-order valence-corrected chi connectivity index (χ1v) is 6.49. The highest BCUT2D eigenvalue weighted by Gasteiger charge is 2.41. The second kappa shape index (κ2) is 5.51. The maximum atomic E-state index is 12.2. The van der Waals surface area contributed by atoms with E-state index in [2.05, 4.69) is 15.6 Å². The number of amides is 2. The normalized spacial score (nSPS) is 21.3. The molecule has 1 aromatic heterocycles. The van der Waals surface area contributed by atoms with Crippen LogP contribution in [0.2, 0.25) is 0 Å². The van der Waals surface area contributed by atoms with Crippen LogP contribution in [0.3, 0.4) is 0 Å². The van der Waals surface area contributed by atoms with Gasteiger partial charge in [0.15, 0.2) is 5.69 Å². The molecule has 1 aliphatic rings. The number of aromatic carboxylic acids is 1. The van der Waals surface area contributed by atoms with Gasteiger partial charge in [-0.15, -0.1) is 5.10 Å².